The second kappa shape index (κ2) is 7.07. The number of esters is 1. The van der Waals surface area contributed by atoms with Crippen molar-refractivity contribution in [1.29, 1.82) is 0 Å². The van der Waals surface area contributed by atoms with Gasteiger partial charge in [0.25, 0.3) is 0 Å². The third kappa shape index (κ3) is 4.17. The molecule has 0 spiro atoms. The van der Waals surface area contributed by atoms with E-state index in [4.69, 9.17) is 9.15 Å². The summed E-state index contributed by atoms with van der Waals surface area (Å²) >= 11 is 1.53. The summed E-state index contributed by atoms with van der Waals surface area (Å²) in [7, 11) is 0. The zero-order valence-electron chi connectivity index (χ0n) is 12.6. The fourth-order valence-corrected chi connectivity index (χ4v) is 2.78. The van der Waals surface area contributed by atoms with Gasteiger partial charge >= 0.3 is 5.97 Å². The summed E-state index contributed by atoms with van der Waals surface area (Å²) in [6, 6.07) is 13.5. The van der Waals surface area contributed by atoms with Crippen LogP contribution in [0.15, 0.2) is 58.3 Å². The molecule has 0 radical (unpaired) electrons. The SMILES string of the molecule is Cc1ccc(/C=C/C(=O)OCc2csc(-c3ccccc3)n2)o1. The number of rotatable bonds is 5. The Bertz CT molecular complexity index is 818. The topological polar surface area (TPSA) is 52.3 Å². The van der Waals surface area contributed by atoms with E-state index in [1.54, 1.807) is 12.1 Å². The maximum atomic E-state index is 11.7. The molecule has 3 aromatic rings. The first-order valence-corrected chi connectivity index (χ1v) is 8.00. The number of aromatic nitrogens is 1. The van der Waals surface area contributed by atoms with Gasteiger partial charge in [0.15, 0.2) is 0 Å². The number of aryl methyl sites for hydroxylation is 1. The van der Waals surface area contributed by atoms with Crippen LogP contribution in [-0.2, 0) is 16.1 Å². The predicted octanol–water partition coefficient (Wildman–Crippen LogP) is 4.47. The van der Waals surface area contributed by atoms with Crippen LogP contribution in [0.5, 0.6) is 0 Å². The molecule has 0 bridgehead atoms. The van der Waals surface area contributed by atoms with Crippen LogP contribution in [0.25, 0.3) is 16.6 Å². The second-order valence-electron chi connectivity index (χ2n) is 4.90. The highest BCUT2D eigenvalue weighted by Crippen LogP contribution is 2.23. The fraction of sp³-hybridized carbons (Fsp3) is 0.111. The van der Waals surface area contributed by atoms with Crippen LogP contribution in [-0.4, -0.2) is 11.0 Å². The van der Waals surface area contributed by atoms with Crippen molar-refractivity contribution in [3.8, 4) is 10.6 Å². The number of carbonyl (C=O) groups is 1. The predicted molar refractivity (Wildman–Crippen MR) is 89.8 cm³/mol. The van der Waals surface area contributed by atoms with Gasteiger partial charge in [0.1, 0.15) is 23.1 Å². The van der Waals surface area contributed by atoms with E-state index in [1.807, 2.05) is 48.7 Å². The Morgan fingerprint density at radius 2 is 2.09 bits per heavy atom. The standard InChI is InChI=1S/C18H15NO3S/c1-13-7-8-16(22-13)9-10-17(20)21-11-15-12-23-18(19-15)14-5-3-2-4-6-14/h2-10,12H,11H2,1H3/b10-9+. The molecule has 3 rings (SSSR count). The van der Waals surface area contributed by atoms with Gasteiger partial charge in [0.2, 0.25) is 0 Å². The van der Waals surface area contributed by atoms with Crippen LogP contribution >= 0.6 is 11.3 Å². The van der Waals surface area contributed by atoms with Crippen molar-refractivity contribution in [3.05, 3.63) is 71.1 Å². The zero-order chi connectivity index (χ0) is 16.1. The molecule has 116 valence electrons. The molecule has 0 amide bonds. The summed E-state index contributed by atoms with van der Waals surface area (Å²) < 4.78 is 10.5. The van der Waals surface area contributed by atoms with Gasteiger partial charge in [-0.3, -0.25) is 0 Å². The quantitative estimate of drug-likeness (QED) is 0.513. The smallest absolute Gasteiger partial charge is 0.331 e. The molecule has 0 saturated heterocycles. The van der Waals surface area contributed by atoms with Crippen LogP contribution in [0, 0.1) is 6.92 Å². The minimum atomic E-state index is -0.423. The molecule has 0 aliphatic carbocycles. The van der Waals surface area contributed by atoms with E-state index < -0.39 is 5.97 Å². The van der Waals surface area contributed by atoms with Crippen molar-refractivity contribution in [2.75, 3.05) is 0 Å². The molecule has 1 aromatic carbocycles. The number of furan rings is 1. The van der Waals surface area contributed by atoms with Crippen molar-refractivity contribution >= 4 is 23.4 Å². The van der Waals surface area contributed by atoms with E-state index in [9.17, 15) is 4.79 Å². The Balaban J connectivity index is 1.55. The lowest BCUT2D eigenvalue weighted by Gasteiger charge is -1.98. The summed E-state index contributed by atoms with van der Waals surface area (Å²) in [6.45, 7) is 2.01. The van der Waals surface area contributed by atoms with E-state index in [0.29, 0.717) is 5.76 Å². The van der Waals surface area contributed by atoms with Crippen LogP contribution in [0.1, 0.15) is 17.2 Å². The molecule has 2 heterocycles. The van der Waals surface area contributed by atoms with Crippen molar-refractivity contribution in [2.45, 2.75) is 13.5 Å². The maximum absolute atomic E-state index is 11.7. The van der Waals surface area contributed by atoms with Gasteiger partial charge in [-0.2, -0.15) is 0 Å². The number of thiazole rings is 1. The Morgan fingerprint density at radius 3 is 2.83 bits per heavy atom. The number of ether oxygens (including phenoxy) is 1. The number of nitrogens with zero attached hydrogens (tertiary/aromatic N) is 1. The molecule has 23 heavy (non-hydrogen) atoms. The minimum Gasteiger partial charge on any atom is -0.462 e. The molecule has 0 aliphatic heterocycles. The molecule has 2 aromatic heterocycles. The van der Waals surface area contributed by atoms with E-state index in [0.717, 1.165) is 22.0 Å². The van der Waals surface area contributed by atoms with E-state index in [1.165, 1.54) is 17.4 Å². The molecule has 0 atom stereocenters. The lowest BCUT2D eigenvalue weighted by atomic mass is 10.2. The van der Waals surface area contributed by atoms with Gasteiger partial charge in [-0.25, -0.2) is 9.78 Å². The number of carbonyl (C=O) groups excluding carboxylic acids is 1. The highest BCUT2D eigenvalue weighted by atomic mass is 32.1. The van der Waals surface area contributed by atoms with Gasteiger partial charge in [0.05, 0.1) is 5.69 Å². The Hall–Kier alpha value is -2.66. The summed E-state index contributed by atoms with van der Waals surface area (Å²) in [5.74, 6) is 1.00. The van der Waals surface area contributed by atoms with E-state index in [-0.39, 0.29) is 6.61 Å². The largest absolute Gasteiger partial charge is 0.462 e. The number of hydrogen-bond donors (Lipinski definition) is 0. The molecular formula is C18H15NO3S. The fourth-order valence-electron chi connectivity index (χ4n) is 1.97. The van der Waals surface area contributed by atoms with Crippen LogP contribution < -0.4 is 0 Å². The third-order valence-corrected chi connectivity index (χ3v) is 4.02. The molecule has 0 unspecified atom stereocenters. The molecule has 0 aliphatic rings. The summed E-state index contributed by atoms with van der Waals surface area (Å²) in [5, 5.41) is 2.81. The first kappa shape index (κ1) is 15.2. The highest BCUT2D eigenvalue weighted by molar-refractivity contribution is 7.13. The lowest BCUT2D eigenvalue weighted by Crippen LogP contribution is -2.00. The number of hydrogen-bond acceptors (Lipinski definition) is 5. The highest BCUT2D eigenvalue weighted by Gasteiger charge is 2.06. The van der Waals surface area contributed by atoms with Crippen LogP contribution in [0.4, 0.5) is 0 Å². The first-order chi connectivity index (χ1) is 11.2. The third-order valence-electron chi connectivity index (χ3n) is 3.08. The molecular weight excluding hydrogens is 310 g/mol. The first-order valence-electron chi connectivity index (χ1n) is 7.12. The Kier molecular flexibility index (Phi) is 4.68. The van der Waals surface area contributed by atoms with Crippen molar-refractivity contribution in [3.63, 3.8) is 0 Å². The Labute approximate surface area is 138 Å². The molecule has 0 fully saturated rings. The normalized spacial score (nSPS) is 11.0. The molecule has 4 nitrogen and oxygen atoms in total. The summed E-state index contributed by atoms with van der Waals surface area (Å²) in [6.07, 6.45) is 2.94. The van der Waals surface area contributed by atoms with Crippen LogP contribution in [0.2, 0.25) is 0 Å². The van der Waals surface area contributed by atoms with Crippen LogP contribution in [0.3, 0.4) is 0 Å². The van der Waals surface area contributed by atoms with Gasteiger partial charge in [-0.1, -0.05) is 30.3 Å². The molecule has 5 heteroatoms. The van der Waals surface area contributed by atoms with Gasteiger partial charge < -0.3 is 9.15 Å². The van der Waals surface area contributed by atoms with Gasteiger partial charge in [-0.15, -0.1) is 11.3 Å². The molecule has 0 saturated carbocycles. The van der Waals surface area contributed by atoms with E-state index >= 15 is 0 Å². The summed E-state index contributed by atoms with van der Waals surface area (Å²) in [4.78, 5) is 16.2. The molecule has 0 N–H and O–H groups in total. The van der Waals surface area contributed by atoms with Gasteiger partial charge in [0, 0.05) is 17.0 Å². The minimum absolute atomic E-state index is 0.156. The summed E-state index contributed by atoms with van der Waals surface area (Å²) in [5.41, 5.74) is 1.80. The van der Waals surface area contributed by atoms with Crippen molar-refractivity contribution in [1.82, 2.24) is 4.98 Å². The zero-order valence-corrected chi connectivity index (χ0v) is 13.4. The van der Waals surface area contributed by atoms with Gasteiger partial charge in [-0.05, 0) is 25.1 Å². The lowest BCUT2D eigenvalue weighted by molar-refractivity contribution is -0.139. The Morgan fingerprint density at radius 1 is 1.26 bits per heavy atom. The maximum Gasteiger partial charge on any atom is 0.331 e. The van der Waals surface area contributed by atoms with Crippen molar-refractivity contribution in [2.24, 2.45) is 0 Å². The van der Waals surface area contributed by atoms with Crippen molar-refractivity contribution < 1.29 is 13.9 Å². The average Bonchev–Trinajstić information content (AvgIpc) is 3.21. The van der Waals surface area contributed by atoms with E-state index in [2.05, 4.69) is 4.98 Å². The monoisotopic (exact) mass is 325 g/mol. The number of benzene rings is 1. The second-order valence-corrected chi connectivity index (χ2v) is 5.76. The average molecular weight is 325 g/mol.